The van der Waals surface area contributed by atoms with Gasteiger partial charge in [-0.15, -0.1) is 0 Å². The van der Waals surface area contributed by atoms with E-state index in [0.29, 0.717) is 0 Å². The fourth-order valence-corrected chi connectivity index (χ4v) is 3.82. The summed E-state index contributed by atoms with van der Waals surface area (Å²) in [7, 11) is 4.75. The maximum absolute atomic E-state index is 2.38. The van der Waals surface area contributed by atoms with Gasteiger partial charge in [0.1, 0.15) is 0 Å². The van der Waals surface area contributed by atoms with Crippen molar-refractivity contribution in [3.05, 3.63) is 12.2 Å². The van der Waals surface area contributed by atoms with Gasteiger partial charge in [-0.05, 0) is 25.3 Å². The van der Waals surface area contributed by atoms with E-state index in [1.807, 2.05) is 0 Å². The average Bonchev–Trinajstić information content (AvgIpc) is 2.65. The minimum Gasteiger partial charge on any atom is -0.325 e. The Morgan fingerprint density at radius 3 is 1.30 bits per heavy atom. The number of rotatable bonds is 21. The van der Waals surface area contributed by atoms with Crippen LogP contribution in [0.25, 0.3) is 0 Å². The fraction of sp³-hybridized carbons (Fsp3) is 0.923. The lowest BCUT2D eigenvalue weighted by Gasteiger charge is -2.28. The minimum absolute atomic E-state index is 1.15. The molecule has 0 unspecified atom stereocenters. The second-order valence-electron chi connectivity index (χ2n) is 9.41. The van der Waals surface area contributed by atoms with E-state index in [-0.39, 0.29) is 0 Å². The summed E-state index contributed by atoms with van der Waals surface area (Å²) in [5.74, 6) is 0. The summed E-state index contributed by atoms with van der Waals surface area (Å²) >= 11 is 0. The van der Waals surface area contributed by atoms with Crippen LogP contribution in [0, 0.1) is 0 Å². The van der Waals surface area contributed by atoms with Gasteiger partial charge in [0.15, 0.2) is 0 Å². The highest BCUT2D eigenvalue weighted by Gasteiger charge is 2.11. The molecular formula is C26H54N+. The number of quaternary nitrogens is 1. The van der Waals surface area contributed by atoms with Crippen LogP contribution in [-0.4, -0.2) is 31.7 Å². The third-order valence-electron chi connectivity index (χ3n) is 5.84. The first-order chi connectivity index (χ1) is 13.1. The molecule has 27 heavy (non-hydrogen) atoms. The van der Waals surface area contributed by atoms with E-state index in [1.54, 1.807) is 0 Å². The summed E-state index contributed by atoms with van der Waals surface area (Å²) in [4.78, 5) is 0. The number of hydrogen-bond donors (Lipinski definition) is 0. The second-order valence-corrected chi connectivity index (χ2v) is 9.41. The van der Waals surface area contributed by atoms with Crippen molar-refractivity contribution in [2.75, 3.05) is 27.2 Å². The van der Waals surface area contributed by atoms with Crippen molar-refractivity contribution in [1.82, 2.24) is 0 Å². The van der Waals surface area contributed by atoms with Crippen molar-refractivity contribution in [2.45, 2.75) is 129 Å². The topological polar surface area (TPSA) is 0 Å². The van der Waals surface area contributed by atoms with Crippen molar-refractivity contribution in [2.24, 2.45) is 0 Å². The normalized spacial score (nSPS) is 12.3. The van der Waals surface area contributed by atoms with Gasteiger partial charge in [0.25, 0.3) is 0 Å². The Labute approximate surface area is 173 Å². The van der Waals surface area contributed by atoms with E-state index in [2.05, 4.69) is 40.1 Å². The Morgan fingerprint density at radius 1 is 0.481 bits per heavy atom. The Bertz CT molecular complexity index is 305. The number of allylic oxidation sites excluding steroid dienone is 1. The zero-order valence-electron chi connectivity index (χ0n) is 19.7. The summed E-state index contributed by atoms with van der Waals surface area (Å²) in [5, 5.41) is 0. The smallest absolute Gasteiger partial charge is 0.0969 e. The lowest BCUT2D eigenvalue weighted by molar-refractivity contribution is -0.884. The quantitative estimate of drug-likeness (QED) is 0.106. The van der Waals surface area contributed by atoms with Crippen molar-refractivity contribution >= 4 is 0 Å². The first kappa shape index (κ1) is 26.7. The van der Waals surface area contributed by atoms with Crippen LogP contribution in [0.4, 0.5) is 0 Å². The summed E-state index contributed by atoms with van der Waals surface area (Å²) in [6.45, 7) is 7.07. The molecule has 1 heteroatoms. The molecule has 0 spiro atoms. The highest BCUT2D eigenvalue weighted by molar-refractivity contribution is 4.80. The molecule has 0 radical (unpaired) electrons. The lowest BCUT2D eigenvalue weighted by atomic mass is 10.0. The zero-order chi connectivity index (χ0) is 20.1. The molecule has 0 saturated carbocycles. The molecule has 0 aromatic rings. The molecule has 162 valence electrons. The Balaban J connectivity index is 3.24. The van der Waals surface area contributed by atoms with Gasteiger partial charge in [-0.1, -0.05) is 116 Å². The van der Waals surface area contributed by atoms with Gasteiger partial charge in [0.2, 0.25) is 0 Å². The Hall–Kier alpha value is -0.300. The molecular weight excluding hydrogens is 326 g/mol. The van der Waals surface area contributed by atoms with Crippen molar-refractivity contribution < 1.29 is 4.48 Å². The maximum atomic E-state index is 2.38. The molecule has 0 aromatic heterocycles. The molecule has 0 aliphatic heterocycles. The first-order valence-corrected chi connectivity index (χ1v) is 12.6. The predicted octanol–water partition coefficient (Wildman–Crippen LogP) is 8.68. The first-order valence-electron chi connectivity index (χ1n) is 12.6. The average molecular weight is 381 g/mol. The summed E-state index contributed by atoms with van der Waals surface area (Å²) in [6, 6.07) is 0. The molecule has 0 bridgehead atoms. The van der Waals surface area contributed by atoms with Crippen LogP contribution in [0.15, 0.2) is 12.2 Å². The molecule has 0 amide bonds. The molecule has 0 aliphatic carbocycles. The van der Waals surface area contributed by atoms with Crippen LogP contribution in [0.5, 0.6) is 0 Å². The van der Waals surface area contributed by atoms with Crippen molar-refractivity contribution in [3.63, 3.8) is 0 Å². The molecule has 0 aliphatic rings. The van der Waals surface area contributed by atoms with Crippen LogP contribution in [0.1, 0.15) is 129 Å². The Kier molecular flexibility index (Phi) is 20.2. The summed E-state index contributed by atoms with van der Waals surface area (Å²) in [5.41, 5.74) is 0. The number of unbranched alkanes of at least 4 members (excludes halogenated alkanes) is 16. The summed E-state index contributed by atoms with van der Waals surface area (Å²) in [6.07, 6.45) is 30.5. The predicted molar refractivity (Wildman–Crippen MR) is 125 cm³/mol. The van der Waals surface area contributed by atoms with Crippen molar-refractivity contribution in [3.8, 4) is 0 Å². The molecule has 0 rings (SSSR count). The minimum atomic E-state index is 1.15. The van der Waals surface area contributed by atoms with E-state index in [9.17, 15) is 0 Å². The van der Waals surface area contributed by atoms with E-state index in [1.165, 1.54) is 129 Å². The third-order valence-corrected chi connectivity index (χ3v) is 5.84. The van der Waals surface area contributed by atoms with Crippen LogP contribution < -0.4 is 0 Å². The van der Waals surface area contributed by atoms with Crippen LogP contribution in [-0.2, 0) is 0 Å². The highest BCUT2D eigenvalue weighted by atomic mass is 15.3. The van der Waals surface area contributed by atoms with Gasteiger partial charge in [-0.2, -0.15) is 0 Å². The van der Waals surface area contributed by atoms with Gasteiger partial charge >= 0.3 is 0 Å². The Morgan fingerprint density at radius 2 is 0.889 bits per heavy atom. The lowest BCUT2D eigenvalue weighted by Crippen LogP contribution is -2.40. The van der Waals surface area contributed by atoms with Gasteiger partial charge < -0.3 is 4.48 Å². The second kappa shape index (κ2) is 20.4. The number of nitrogens with zero attached hydrogens (tertiary/aromatic N) is 1. The molecule has 0 aromatic carbocycles. The number of hydrogen-bond acceptors (Lipinski definition) is 0. The monoisotopic (exact) mass is 380 g/mol. The van der Waals surface area contributed by atoms with Crippen LogP contribution >= 0.6 is 0 Å². The van der Waals surface area contributed by atoms with Gasteiger partial charge in [-0.3, -0.25) is 0 Å². The summed E-state index contributed by atoms with van der Waals surface area (Å²) < 4.78 is 1.15. The third kappa shape index (κ3) is 21.9. The molecule has 0 N–H and O–H groups in total. The van der Waals surface area contributed by atoms with E-state index in [0.717, 1.165) is 4.48 Å². The van der Waals surface area contributed by atoms with Gasteiger partial charge in [0, 0.05) is 0 Å². The van der Waals surface area contributed by atoms with Crippen molar-refractivity contribution in [1.29, 1.82) is 0 Å². The maximum Gasteiger partial charge on any atom is 0.0969 e. The number of likely N-dealkylation sites (N-methyl/N-ethyl adjacent to an activating group) is 1. The fourth-order valence-electron chi connectivity index (χ4n) is 3.82. The van der Waals surface area contributed by atoms with E-state index >= 15 is 0 Å². The highest BCUT2D eigenvalue weighted by Crippen LogP contribution is 2.14. The van der Waals surface area contributed by atoms with Gasteiger partial charge in [-0.25, -0.2) is 0 Å². The van der Waals surface area contributed by atoms with Crippen LogP contribution in [0.3, 0.4) is 0 Å². The van der Waals surface area contributed by atoms with E-state index in [4.69, 9.17) is 0 Å². The van der Waals surface area contributed by atoms with Crippen LogP contribution in [0.2, 0.25) is 0 Å². The largest absolute Gasteiger partial charge is 0.325 e. The molecule has 1 nitrogen and oxygen atoms in total. The van der Waals surface area contributed by atoms with Gasteiger partial charge in [0.05, 0.1) is 27.2 Å². The molecule has 0 heterocycles. The zero-order valence-corrected chi connectivity index (χ0v) is 19.7. The SMILES string of the molecule is CCCC=CC[N+](C)(C)CCCCCCCCCCCCCCCCCC. The molecule has 0 atom stereocenters. The standard InChI is InChI=1S/C26H54N/c1-5-7-9-11-12-13-14-15-16-17-18-19-20-21-22-24-26-27(3,4)25-23-10-8-6-2/h10,23H,5-9,11-22,24-26H2,1-4H3/q+1. The van der Waals surface area contributed by atoms with E-state index < -0.39 is 0 Å². The molecule has 0 fully saturated rings. The molecule has 0 saturated heterocycles.